The molecule has 1 atom stereocenters. The van der Waals surface area contributed by atoms with Crippen LogP contribution >= 0.6 is 23.1 Å². The van der Waals surface area contributed by atoms with Gasteiger partial charge in [-0.15, -0.1) is 11.3 Å². The molecule has 2 N–H and O–H groups in total. The Balaban J connectivity index is 1.65. The Bertz CT molecular complexity index is 425. The molecule has 0 aromatic carbocycles. The monoisotopic (exact) mass is 312 g/mol. The molecule has 0 aliphatic carbocycles. The number of aromatic nitrogens is 1. The summed E-state index contributed by atoms with van der Waals surface area (Å²) in [5.74, 6) is 2.21. The third-order valence-corrected chi connectivity index (χ3v) is 5.93. The predicted molar refractivity (Wildman–Crippen MR) is 90.0 cm³/mol. The van der Waals surface area contributed by atoms with Crippen LogP contribution in [0.15, 0.2) is 11.2 Å². The standard InChI is InChI=1S/C14H24N4S2/c1-3-11-9-17-13(20-11)6-7-16-14(15-2)18-10-12-5-4-8-19-12/h9,12H,3-8,10H2,1-2H3,(H2,15,16,18). The molecule has 4 nitrogen and oxygen atoms in total. The van der Waals surface area contributed by atoms with Gasteiger partial charge in [-0.05, 0) is 25.0 Å². The van der Waals surface area contributed by atoms with Crippen LogP contribution in [0.3, 0.4) is 0 Å². The molecule has 20 heavy (non-hydrogen) atoms. The van der Waals surface area contributed by atoms with E-state index in [0.717, 1.165) is 37.1 Å². The molecule has 2 rings (SSSR count). The number of rotatable bonds is 6. The Morgan fingerprint density at radius 1 is 1.50 bits per heavy atom. The van der Waals surface area contributed by atoms with E-state index in [0.29, 0.717) is 0 Å². The second-order valence-electron chi connectivity index (χ2n) is 4.84. The molecule has 6 heteroatoms. The fraction of sp³-hybridized carbons (Fsp3) is 0.714. The molecule has 0 saturated carbocycles. The van der Waals surface area contributed by atoms with Crippen LogP contribution in [0.1, 0.15) is 29.7 Å². The van der Waals surface area contributed by atoms with E-state index in [1.807, 2.05) is 24.6 Å². The lowest BCUT2D eigenvalue weighted by atomic mass is 10.2. The van der Waals surface area contributed by atoms with Gasteiger partial charge in [0.1, 0.15) is 0 Å². The lowest BCUT2D eigenvalue weighted by Gasteiger charge is -2.14. The van der Waals surface area contributed by atoms with E-state index in [1.165, 1.54) is 28.5 Å². The first kappa shape index (κ1) is 15.6. The van der Waals surface area contributed by atoms with Crippen LogP contribution in [0.5, 0.6) is 0 Å². The highest BCUT2D eigenvalue weighted by atomic mass is 32.2. The Kier molecular flexibility index (Phi) is 6.66. The molecule has 1 fully saturated rings. The number of thioether (sulfide) groups is 1. The minimum atomic E-state index is 0.750. The maximum atomic E-state index is 4.43. The second-order valence-corrected chi connectivity index (χ2v) is 7.45. The van der Waals surface area contributed by atoms with Crippen molar-refractivity contribution in [2.75, 3.05) is 25.9 Å². The highest BCUT2D eigenvalue weighted by Gasteiger charge is 2.15. The number of nitrogens with one attached hydrogen (secondary N) is 2. The molecule has 1 aliphatic heterocycles. The van der Waals surface area contributed by atoms with Gasteiger partial charge in [0.15, 0.2) is 5.96 Å². The summed E-state index contributed by atoms with van der Waals surface area (Å²) in [4.78, 5) is 10.1. The largest absolute Gasteiger partial charge is 0.356 e. The number of hydrogen-bond donors (Lipinski definition) is 2. The molecule has 0 spiro atoms. The van der Waals surface area contributed by atoms with Crippen LogP contribution in [-0.4, -0.2) is 42.1 Å². The van der Waals surface area contributed by atoms with E-state index in [4.69, 9.17) is 0 Å². The van der Waals surface area contributed by atoms with Crippen LogP contribution in [0.2, 0.25) is 0 Å². The summed E-state index contributed by atoms with van der Waals surface area (Å²) in [7, 11) is 1.83. The van der Waals surface area contributed by atoms with Gasteiger partial charge < -0.3 is 10.6 Å². The van der Waals surface area contributed by atoms with Crippen LogP contribution in [0.25, 0.3) is 0 Å². The van der Waals surface area contributed by atoms with Crippen molar-refractivity contribution >= 4 is 29.1 Å². The third-order valence-electron chi connectivity index (χ3n) is 3.33. The fourth-order valence-electron chi connectivity index (χ4n) is 2.15. The van der Waals surface area contributed by atoms with Gasteiger partial charge in [-0.2, -0.15) is 11.8 Å². The summed E-state index contributed by atoms with van der Waals surface area (Å²) in [6.45, 7) is 4.07. The number of hydrogen-bond acceptors (Lipinski definition) is 4. The van der Waals surface area contributed by atoms with Gasteiger partial charge in [-0.25, -0.2) is 4.98 Å². The Labute approximate surface area is 129 Å². The highest BCUT2D eigenvalue weighted by molar-refractivity contribution is 8.00. The zero-order valence-corrected chi connectivity index (χ0v) is 13.9. The first-order chi connectivity index (χ1) is 9.81. The minimum Gasteiger partial charge on any atom is -0.356 e. The molecule has 1 aromatic rings. The first-order valence-electron chi connectivity index (χ1n) is 7.31. The number of thiazole rings is 1. The van der Waals surface area contributed by atoms with Crippen molar-refractivity contribution in [3.63, 3.8) is 0 Å². The summed E-state index contributed by atoms with van der Waals surface area (Å²) in [5, 5.41) is 8.73. The van der Waals surface area contributed by atoms with Crippen LogP contribution in [0.4, 0.5) is 0 Å². The average Bonchev–Trinajstić information content (AvgIpc) is 3.13. The molecular formula is C14H24N4S2. The lowest BCUT2D eigenvalue weighted by Crippen LogP contribution is -2.40. The topological polar surface area (TPSA) is 49.3 Å². The maximum Gasteiger partial charge on any atom is 0.191 e. The van der Waals surface area contributed by atoms with Gasteiger partial charge in [0.05, 0.1) is 5.01 Å². The van der Waals surface area contributed by atoms with E-state index < -0.39 is 0 Å². The van der Waals surface area contributed by atoms with Crippen molar-refractivity contribution in [2.24, 2.45) is 4.99 Å². The first-order valence-corrected chi connectivity index (χ1v) is 9.18. The smallest absolute Gasteiger partial charge is 0.191 e. The normalized spacial score (nSPS) is 19.3. The second kappa shape index (κ2) is 8.52. The van der Waals surface area contributed by atoms with Crippen molar-refractivity contribution in [3.8, 4) is 0 Å². The summed E-state index contributed by atoms with van der Waals surface area (Å²) in [6.07, 6.45) is 6.71. The van der Waals surface area contributed by atoms with Gasteiger partial charge in [0.2, 0.25) is 0 Å². The summed E-state index contributed by atoms with van der Waals surface area (Å²) in [5.41, 5.74) is 0. The zero-order chi connectivity index (χ0) is 14.2. The maximum absolute atomic E-state index is 4.43. The van der Waals surface area contributed by atoms with Crippen LogP contribution in [-0.2, 0) is 12.8 Å². The summed E-state index contributed by atoms with van der Waals surface area (Å²) in [6, 6.07) is 0. The predicted octanol–water partition coefficient (Wildman–Crippen LogP) is 2.31. The van der Waals surface area contributed by atoms with Crippen molar-refractivity contribution in [1.29, 1.82) is 0 Å². The molecule has 1 saturated heterocycles. The average molecular weight is 313 g/mol. The van der Waals surface area contributed by atoms with Crippen LogP contribution in [0, 0.1) is 0 Å². The Morgan fingerprint density at radius 2 is 2.40 bits per heavy atom. The number of nitrogens with zero attached hydrogens (tertiary/aromatic N) is 2. The molecular weight excluding hydrogens is 288 g/mol. The quantitative estimate of drug-likeness (QED) is 0.625. The van der Waals surface area contributed by atoms with E-state index in [1.54, 1.807) is 0 Å². The lowest BCUT2D eigenvalue weighted by molar-refractivity contribution is 0.724. The molecule has 0 amide bonds. The van der Waals surface area contributed by atoms with E-state index >= 15 is 0 Å². The van der Waals surface area contributed by atoms with Gasteiger partial charge in [0, 0.05) is 42.9 Å². The van der Waals surface area contributed by atoms with Gasteiger partial charge in [-0.3, -0.25) is 4.99 Å². The SMILES string of the molecule is CCc1cnc(CCNC(=NC)NCC2CCCS2)s1. The third kappa shape index (κ3) is 4.98. The Hall–Kier alpha value is -0.750. The molecule has 1 aromatic heterocycles. The van der Waals surface area contributed by atoms with Crippen molar-refractivity contribution in [2.45, 2.75) is 37.9 Å². The highest BCUT2D eigenvalue weighted by Crippen LogP contribution is 2.25. The van der Waals surface area contributed by atoms with Crippen molar-refractivity contribution < 1.29 is 0 Å². The number of aryl methyl sites for hydroxylation is 1. The molecule has 112 valence electrons. The molecule has 2 heterocycles. The van der Waals surface area contributed by atoms with E-state index in [2.05, 4.69) is 39.3 Å². The van der Waals surface area contributed by atoms with Crippen LogP contribution < -0.4 is 10.6 Å². The number of guanidine groups is 1. The summed E-state index contributed by atoms with van der Waals surface area (Å²) < 4.78 is 0. The fourth-order valence-corrected chi connectivity index (χ4v) is 4.21. The van der Waals surface area contributed by atoms with E-state index in [9.17, 15) is 0 Å². The molecule has 0 bridgehead atoms. The minimum absolute atomic E-state index is 0.750. The molecule has 1 unspecified atom stereocenters. The van der Waals surface area contributed by atoms with Crippen molar-refractivity contribution in [3.05, 3.63) is 16.1 Å². The van der Waals surface area contributed by atoms with Gasteiger partial charge in [-0.1, -0.05) is 6.92 Å². The van der Waals surface area contributed by atoms with Gasteiger partial charge in [0.25, 0.3) is 0 Å². The number of aliphatic imine (C=N–C) groups is 1. The molecule has 0 radical (unpaired) electrons. The van der Waals surface area contributed by atoms with Gasteiger partial charge >= 0.3 is 0 Å². The zero-order valence-electron chi connectivity index (χ0n) is 12.3. The van der Waals surface area contributed by atoms with Crippen molar-refractivity contribution in [1.82, 2.24) is 15.6 Å². The Morgan fingerprint density at radius 3 is 3.05 bits per heavy atom. The summed E-state index contributed by atoms with van der Waals surface area (Å²) >= 11 is 3.88. The molecule has 1 aliphatic rings. The van der Waals surface area contributed by atoms with E-state index in [-0.39, 0.29) is 0 Å².